The van der Waals surface area contributed by atoms with Crippen LogP contribution in [0.2, 0.25) is 0 Å². The van der Waals surface area contributed by atoms with Crippen molar-refractivity contribution in [2.75, 3.05) is 0 Å². The molecule has 0 saturated carbocycles. The van der Waals surface area contributed by atoms with E-state index in [1.54, 1.807) is 0 Å². The highest BCUT2D eigenvalue weighted by Crippen LogP contribution is 2.56. The summed E-state index contributed by atoms with van der Waals surface area (Å²) in [5.74, 6) is 0. The van der Waals surface area contributed by atoms with Crippen molar-refractivity contribution in [1.29, 1.82) is 0 Å². The van der Waals surface area contributed by atoms with E-state index in [1.165, 1.54) is 141 Å². The minimum atomic E-state index is 0. The second-order valence-electron chi connectivity index (χ2n) is 15.4. The molecule has 14 rings (SSSR count). The monoisotopic (exact) mass is 692 g/mol. The van der Waals surface area contributed by atoms with Gasteiger partial charge in [-0.1, -0.05) is 165 Å². The average Bonchev–Trinajstić information content (AvgIpc) is 3.74. The summed E-state index contributed by atoms with van der Waals surface area (Å²) < 4.78 is 0. The van der Waals surface area contributed by atoms with Gasteiger partial charge in [-0.2, -0.15) is 0 Å². The fourth-order valence-corrected chi connectivity index (χ4v) is 11.0. The molecule has 0 atom stereocenters. The molecule has 0 radical (unpaired) electrons. The molecule has 252 valence electrons. The first kappa shape index (κ1) is 29.4. The van der Waals surface area contributed by atoms with Crippen LogP contribution in [0.3, 0.4) is 0 Å². The lowest BCUT2D eigenvalue weighted by Crippen LogP contribution is -1.90. The zero-order chi connectivity index (χ0) is 34.8. The maximum Gasteiger partial charge on any atom is -0.000719 e. The van der Waals surface area contributed by atoms with Crippen LogP contribution in [0.1, 0.15) is 7.43 Å². The van der Waals surface area contributed by atoms with Crippen molar-refractivity contribution in [1.82, 2.24) is 0 Å². The lowest BCUT2D eigenvalue weighted by atomic mass is 9.84. The van der Waals surface area contributed by atoms with Crippen LogP contribution in [0.5, 0.6) is 0 Å². The van der Waals surface area contributed by atoms with E-state index in [-0.39, 0.29) is 7.43 Å². The van der Waals surface area contributed by atoms with Crippen LogP contribution in [-0.2, 0) is 0 Å². The van der Waals surface area contributed by atoms with Gasteiger partial charge in [0.1, 0.15) is 0 Å². The van der Waals surface area contributed by atoms with Gasteiger partial charge in [0.05, 0.1) is 0 Å². The van der Waals surface area contributed by atoms with Crippen molar-refractivity contribution in [3.05, 3.63) is 170 Å². The van der Waals surface area contributed by atoms with Crippen molar-refractivity contribution in [2.24, 2.45) is 0 Å². The smallest absolute Gasteiger partial charge is 0.000719 e. The molecule has 0 aliphatic heterocycles. The maximum absolute atomic E-state index is 2.53. The normalized spacial score (nSPS) is 12.6. The van der Waals surface area contributed by atoms with Crippen molar-refractivity contribution in [3.63, 3.8) is 0 Å². The van der Waals surface area contributed by atoms with E-state index >= 15 is 0 Å². The first-order chi connectivity index (χ1) is 26.8. The molecule has 0 saturated heterocycles. The van der Waals surface area contributed by atoms with Crippen LogP contribution in [-0.4, -0.2) is 0 Å². The van der Waals surface area contributed by atoms with E-state index < -0.39 is 0 Å². The van der Waals surface area contributed by atoms with Gasteiger partial charge in [-0.25, -0.2) is 0 Å². The summed E-state index contributed by atoms with van der Waals surface area (Å²) in [5, 5.41) is 29.9. The number of rotatable bonds is 2. The summed E-state index contributed by atoms with van der Waals surface area (Å²) in [5.41, 5.74) is 5.17. The average molecular weight is 693 g/mol. The highest BCUT2D eigenvalue weighted by Gasteiger charge is 2.28. The van der Waals surface area contributed by atoms with E-state index in [4.69, 9.17) is 0 Å². The predicted octanol–water partition coefficient (Wildman–Crippen LogP) is 16.1. The maximum atomic E-state index is 2.53. The van der Waals surface area contributed by atoms with Gasteiger partial charge in [0.2, 0.25) is 0 Å². The van der Waals surface area contributed by atoms with Gasteiger partial charge in [-0.15, -0.1) is 0 Å². The molecule has 0 fully saturated rings. The Balaban J connectivity index is 0.00000321. The highest BCUT2D eigenvalue weighted by molar-refractivity contribution is 6.52. The van der Waals surface area contributed by atoms with Gasteiger partial charge in [0.15, 0.2) is 0 Å². The second-order valence-corrected chi connectivity index (χ2v) is 15.4. The van der Waals surface area contributed by atoms with Crippen LogP contribution in [0.25, 0.3) is 141 Å². The van der Waals surface area contributed by atoms with E-state index in [2.05, 4.69) is 170 Å². The molecule has 0 aliphatic rings. The largest absolute Gasteiger partial charge is 0.0776 e. The molecule has 55 heavy (non-hydrogen) atoms. The third kappa shape index (κ3) is 3.41. The molecule has 0 heterocycles. The molecular formula is C55H32. The Hall–Kier alpha value is -7.02. The van der Waals surface area contributed by atoms with Crippen molar-refractivity contribution < 1.29 is 0 Å². The lowest BCUT2D eigenvalue weighted by molar-refractivity contribution is 1.67. The summed E-state index contributed by atoms with van der Waals surface area (Å²) in [6.07, 6.45) is 0. The fraction of sp³-hybridized carbons (Fsp3) is 0.0182. The van der Waals surface area contributed by atoms with Crippen LogP contribution >= 0.6 is 0 Å². The molecule has 0 nitrogen and oxygen atoms in total. The molecule has 14 aromatic rings. The number of benzene rings is 12. The zero-order valence-electron chi connectivity index (χ0n) is 29.2. The SMILES string of the molecule is C.c1ccc(-c2c3ccccc3c(-c3ccccc3)c3c4cc5ccc6cc7c8ccc9ccccc9c8c8ccc9c%10ccc(c23)c4c%10c5c6c9c78)cc1. The van der Waals surface area contributed by atoms with Gasteiger partial charge in [0, 0.05) is 0 Å². The molecule has 0 bridgehead atoms. The van der Waals surface area contributed by atoms with Gasteiger partial charge in [0.25, 0.3) is 0 Å². The topological polar surface area (TPSA) is 0 Å². The second kappa shape index (κ2) is 10.1. The Bertz CT molecular complexity index is 3850. The predicted molar refractivity (Wildman–Crippen MR) is 241 cm³/mol. The quantitative estimate of drug-likeness (QED) is 0.125. The zero-order valence-corrected chi connectivity index (χ0v) is 29.2. The third-order valence-corrected chi connectivity index (χ3v) is 13.0. The molecular weight excluding hydrogens is 661 g/mol. The van der Waals surface area contributed by atoms with Crippen molar-refractivity contribution in [2.45, 2.75) is 7.43 Å². The standard InChI is InChI=1S/C54H28.CH4/c1-3-12-30(13-4-1)44-35-17-9-10-18-36(35)45(31-14-5-2-6-15-31)54-43-28-33-20-19-32-27-42-39-22-21-29-11-7-8-16-34(29)48(39)40-25-23-37-38-24-26-41(53(44)54)50(43)52(38)47(33)46(32)51(37)49(40)42;/h1-28H;1H4. The minimum absolute atomic E-state index is 0. The third-order valence-electron chi connectivity index (χ3n) is 13.0. The van der Waals surface area contributed by atoms with Gasteiger partial charge in [-0.05, 0) is 153 Å². The lowest BCUT2D eigenvalue weighted by Gasteiger charge is -2.19. The van der Waals surface area contributed by atoms with E-state index in [0.29, 0.717) is 0 Å². The Morgan fingerprint density at radius 2 is 0.618 bits per heavy atom. The molecule has 0 heteroatoms. The Morgan fingerprint density at radius 3 is 1.24 bits per heavy atom. The molecule has 0 N–H and O–H groups in total. The molecule has 0 unspecified atom stereocenters. The Morgan fingerprint density at radius 1 is 0.200 bits per heavy atom. The van der Waals surface area contributed by atoms with Crippen LogP contribution < -0.4 is 0 Å². The Kier molecular flexibility index (Phi) is 5.43. The summed E-state index contributed by atoms with van der Waals surface area (Å²) in [4.78, 5) is 0. The summed E-state index contributed by atoms with van der Waals surface area (Å²) in [7, 11) is 0. The molecule has 0 spiro atoms. The number of hydrogen-bond acceptors (Lipinski definition) is 0. The molecule has 14 aromatic carbocycles. The molecule has 0 aromatic heterocycles. The highest BCUT2D eigenvalue weighted by atomic mass is 14.3. The number of hydrogen-bond donors (Lipinski definition) is 0. The summed E-state index contributed by atoms with van der Waals surface area (Å²) in [6, 6.07) is 64.3. The van der Waals surface area contributed by atoms with Crippen LogP contribution in [0.4, 0.5) is 0 Å². The van der Waals surface area contributed by atoms with Gasteiger partial charge < -0.3 is 0 Å². The minimum Gasteiger partial charge on any atom is -0.0776 e. The van der Waals surface area contributed by atoms with Crippen molar-refractivity contribution in [3.8, 4) is 22.3 Å². The molecule has 0 amide bonds. The first-order valence-electron chi connectivity index (χ1n) is 19.0. The van der Waals surface area contributed by atoms with Crippen molar-refractivity contribution >= 4 is 118 Å². The van der Waals surface area contributed by atoms with Crippen LogP contribution in [0, 0.1) is 0 Å². The van der Waals surface area contributed by atoms with Crippen LogP contribution in [0.15, 0.2) is 170 Å². The summed E-state index contributed by atoms with van der Waals surface area (Å²) >= 11 is 0. The van der Waals surface area contributed by atoms with E-state index in [0.717, 1.165) is 0 Å². The van der Waals surface area contributed by atoms with E-state index in [9.17, 15) is 0 Å². The Labute approximate surface area is 316 Å². The van der Waals surface area contributed by atoms with Gasteiger partial charge in [-0.3, -0.25) is 0 Å². The molecule has 0 aliphatic carbocycles. The van der Waals surface area contributed by atoms with E-state index in [1.807, 2.05) is 0 Å². The first-order valence-corrected chi connectivity index (χ1v) is 19.0. The number of fused-ring (bicyclic) bond motifs is 10. The fourth-order valence-electron chi connectivity index (χ4n) is 11.0. The summed E-state index contributed by atoms with van der Waals surface area (Å²) in [6.45, 7) is 0. The van der Waals surface area contributed by atoms with Gasteiger partial charge >= 0.3 is 0 Å².